The fourth-order valence-corrected chi connectivity index (χ4v) is 17.7. The Labute approximate surface area is 596 Å². The summed E-state index contributed by atoms with van der Waals surface area (Å²) in [6, 6.07) is 91.2. The molecule has 4 nitrogen and oxygen atoms in total. The number of anilines is 6. The molecule has 2 aliphatic heterocycles. The Kier molecular flexibility index (Phi) is 13.9. The van der Waals surface area contributed by atoms with Gasteiger partial charge in [-0.05, 0) is 249 Å². The van der Waals surface area contributed by atoms with Gasteiger partial charge < -0.3 is 18.6 Å². The molecule has 0 unspecified atom stereocenters. The molecule has 2 aromatic heterocycles. The lowest BCUT2D eigenvalue weighted by molar-refractivity contribution is 0.332. The van der Waals surface area contributed by atoms with Crippen molar-refractivity contribution < 1.29 is 8.83 Å². The van der Waals surface area contributed by atoms with Crippen LogP contribution in [0.4, 0.5) is 34.1 Å². The summed E-state index contributed by atoms with van der Waals surface area (Å²) in [4.78, 5) is 5.24. The van der Waals surface area contributed by atoms with E-state index in [0.717, 1.165) is 88.9 Å². The summed E-state index contributed by atoms with van der Waals surface area (Å²) in [5.74, 6) is 0. The molecule has 0 spiro atoms. The number of rotatable bonds is 7. The maximum Gasteiger partial charge on any atom is 0.252 e. The summed E-state index contributed by atoms with van der Waals surface area (Å²) in [6.45, 7) is 33.4. The van der Waals surface area contributed by atoms with E-state index >= 15 is 0 Å². The van der Waals surface area contributed by atoms with E-state index in [0.29, 0.717) is 0 Å². The van der Waals surface area contributed by atoms with E-state index in [-0.39, 0.29) is 39.2 Å². The predicted molar refractivity (Wildman–Crippen MR) is 430 cm³/mol. The molecule has 2 aliphatic carbocycles. The second-order valence-corrected chi connectivity index (χ2v) is 34.6. The number of benzene rings is 12. The van der Waals surface area contributed by atoms with Gasteiger partial charge >= 0.3 is 0 Å². The van der Waals surface area contributed by atoms with Gasteiger partial charge in [0.05, 0.1) is 0 Å². The molecule has 0 bridgehead atoms. The van der Waals surface area contributed by atoms with Crippen LogP contribution in [0.15, 0.2) is 245 Å². The van der Waals surface area contributed by atoms with Gasteiger partial charge in [-0.3, -0.25) is 0 Å². The first kappa shape index (κ1) is 63.1. The molecular weight excluding hydrogens is 1220 g/mol. The van der Waals surface area contributed by atoms with Gasteiger partial charge in [-0.15, -0.1) is 0 Å². The van der Waals surface area contributed by atoms with E-state index in [9.17, 15) is 0 Å². The second-order valence-electron chi connectivity index (χ2n) is 34.6. The van der Waals surface area contributed by atoms with Gasteiger partial charge in [0, 0.05) is 55.7 Å². The number of para-hydroxylation sites is 2. The van der Waals surface area contributed by atoms with E-state index in [1.165, 1.54) is 120 Å². The van der Waals surface area contributed by atoms with Crippen LogP contribution in [-0.4, -0.2) is 6.71 Å². The topological polar surface area (TPSA) is 32.8 Å². The van der Waals surface area contributed by atoms with Crippen molar-refractivity contribution in [2.24, 2.45) is 0 Å². The van der Waals surface area contributed by atoms with Crippen molar-refractivity contribution in [2.45, 2.75) is 155 Å². The molecule has 5 heteroatoms. The van der Waals surface area contributed by atoms with E-state index in [1.807, 2.05) is 0 Å². The summed E-state index contributed by atoms with van der Waals surface area (Å²) in [6.07, 6.45) is 4.71. The Morgan fingerprint density at radius 1 is 0.287 bits per heavy atom. The third-order valence-corrected chi connectivity index (χ3v) is 24.1. The first-order valence-electron chi connectivity index (χ1n) is 36.8. The quantitative estimate of drug-likeness (QED) is 0.149. The minimum atomic E-state index is -0.147. The van der Waals surface area contributed by atoms with Crippen molar-refractivity contribution in [3.05, 3.63) is 270 Å². The fourth-order valence-electron chi connectivity index (χ4n) is 17.7. The monoisotopic (exact) mass is 1310 g/mol. The lowest BCUT2D eigenvalue weighted by Gasteiger charge is -2.45. The molecule has 498 valence electrons. The van der Waals surface area contributed by atoms with Gasteiger partial charge in [0.15, 0.2) is 0 Å². The number of hydrogen-bond acceptors (Lipinski definition) is 4. The van der Waals surface area contributed by atoms with Crippen LogP contribution in [0.25, 0.3) is 99.5 Å². The first-order chi connectivity index (χ1) is 48.2. The highest BCUT2D eigenvalue weighted by molar-refractivity contribution is 7.00. The summed E-state index contributed by atoms with van der Waals surface area (Å²) in [7, 11) is 0. The SMILES string of the molecule is CC(C)(C)c1cc(-c2cc3c4c(c2)N(c2ccc(-c5ccc6c(c5)C(C)(C)CCC6(C)C)cc2)c2cc(-c5ccc6oc7ccccc7c6c5)ccc2B4c2ccc(-c4ccc5oc6ccccc6c5c4)cc2N3c2ccc(-c3ccc4c(c3)C(C)(C)CCC4(C)C)cc2)cc(C(C)(C)C)c1. The average Bonchev–Trinajstić information content (AvgIpc) is 1.13. The largest absolute Gasteiger partial charge is 0.456 e. The maximum atomic E-state index is 6.46. The van der Waals surface area contributed by atoms with Crippen LogP contribution in [0.1, 0.15) is 156 Å². The minimum Gasteiger partial charge on any atom is -0.456 e. The van der Waals surface area contributed by atoms with Crippen LogP contribution in [-0.2, 0) is 32.5 Å². The lowest BCUT2D eigenvalue weighted by Crippen LogP contribution is -2.61. The molecule has 101 heavy (non-hydrogen) atoms. The first-order valence-corrected chi connectivity index (χ1v) is 36.8. The molecule has 18 rings (SSSR count). The average molecular weight is 1310 g/mol. The Morgan fingerprint density at radius 3 is 1.03 bits per heavy atom. The van der Waals surface area contributed by atoms with E-state index in [1.54, 1.807) is 0 Å². The van der Waals surface area contributed by atoms with E-state index in [4.69, 9.17) is 8.83 Å². The number of hydrogen-bond donors (Lipinski definition) is 0. The molecule has 4 aliphatic rings. The highest BCUT2D eigenvalue weighted by atomic mass is 16.3. The van der Waals surface area contributed by atoms with Crippen LogP contribution < -0.4 is 26.2 Å². The van der Waals surface area contributed by atoms with E-state index in [2.05, 4.69) is 343 Å². The van der Waals surface area contributed by atoms with Gasteiger partial charge in [0.1, 0.15) is 22.3 Å². The van der Waals surface area contributed by atoms with Crippen LogP contribution in [0.2, 0.25) is 0 Å². The Balaban J connectivity index is 0.898. The number of furan rings is 2. The highest BCUT2D eigenvalue weighted by Gasteiger charge is 2.45. The maximum absolute atomic E-state index is 6.46. The lowest BCUT2D eigenvalue weighted by atomic mass is 9.33. The third kappa shape index (κ3) is 10.3. The van der Waals surface area contributed by atoms with Crippen molar-refractivity contribution in [2.75, 3.05) is 9.80 Å². The summed E-state index contributed by atoms with van der Waals surface area (Å²) in [5, 5.41) is 4.48. The fraction of sp³-hybridized carbons (Fsp3) is 0.250. The zero-order valence-electron chi connectivity index (χ0n) is 61.1. The van der Waals surface area contributed by atoms with Crippen LogP contribution >= 0.6 is 0 Å². The van der Waals surface area contributed by atoms with Gasteiger partial charge in [-0.25, -0.2) is 0 Å². The molecule has 0 N–H and O–H groups in total. The van der Waals surface area contributed by atoms with Crippen molar-refractivity contribution in [3.8, 4) is 55.6 Å². The normalized spacial score (nSPS) is 16.3. The smallest absolute Gasteiger partial charge is 0.252 e. The minimum absolute atomic E-state index is 0.0858. The Morgan fingerprint density at radius 2 is 0.614 bits per heavy atom. The van der Waals surface area contributed by atoms with Crippen LogP contribution in [0, 0.1) is 0 Å². The van der Waals surface area contributed by atoms with Gasteiger partial charge in [0.25, 0.3) is 6.71 Å². The Hall–Kier alpha value is -10.1. The molecular formula is C96H89BN2O2. The molecule has 0 fully saturated rings. The van der Waals surface area contributed by atoms with E-state index < -0.39 is 0 Å². The van der Waals surface area contributed by atoms with Gasteiger partial charge in [-0.2, -0.15) is 0 Å². The van der Waals surface area contributed by atoms with Gasteiger partial charge in [-0.1, -0.05) is 249 Å². The second kappa shape index (κ2) is 22.2. The molecule has 0 radical (unpaired) electrons. The zero-order valence-corrected chi connectivity index (χ0v) is 61.1. The zero-order chi connectivity index (χ0) is 69.6. The molecule has 12 aromatic carbocycles. The van der Waals surface area contributed by atoms with Crippen molar-refractivity contribution >= 4 is 101 Å². The van der Waals surface area contributed by atoms with Gasteiger partial charge in [0.2, 0.25) is 0 Å². The third-order valence-electron chi connectivity index (χ3n) is 24.1. The molecule has 4 heterocycles. The van der Waals surface area contributed by atoms with Crippen LogP contribution in [0.5, 0.6) is 0 Å². The molecule has 0 saturated heterocycles. The molecule has 0 atom stereocenters. The summed E-state index contributed by atoms with van der Waals surface area (Å²) in [5.41, 5.74) is 34.9. The Bertz CT molecular complexity index is 5410. The summed E-state index contributed by atoms with van der Waals surface area (Å²) >= 11 is 0. The molecule has 0 saturated carbocycles. The highest BCUT2D eigenvalue weighted by Crippen LogP contribution is 2.53. The van der Waals surface area contributed by atoms with Crippen molar-refractivity contribution in [1.29, 1.82) is 0 Å². The number of fused-ring (bicyclic) bond motifs is 12. The summed E-state index contributed by atoms with van der Waals surface area (Å²) < 4.78 is 12.9. The predicted octanol–water partition coefficient (Wildman–Crippen LogP) is 25.2. The molecule has 0 amide bonds. The standard InChI is InChI=1S/C96H89BN2O2/c1-91(2,3)68-47-66(48-69(57-68)92(4,5)6)67-55-84-90-85(56-67)99(71-35-25-59(26-36-71)63-28-38-77-79(52-63)96(13,14)46-44-94(77,9)10)83-54-65(61-32-42-89-75(50-61)73-20-16-18-22-87(73)101-89)30-40-81(83)97(90)80-39-29-64(60-31-41-88-74(49-60)72-19-15-17-21-86(72)100-88)53-82(80)98(84)70-33-23-58(24-34-70)62-27-37-76-78(51-62)95(11,12)45-43-93(76,7)8/h15-42,47-57H,43-46H2,1-14H3. The number of nitrogens with zero attached hydrogens (tertiary/aromatic N) is 2. The van der Waals surface area contributed by atoms with Crippen molar-refractivity contribution in [1.82, 2.24) is 0 Å². The van der Waals surface area contributed by atoms with Crippen LogP contribution in [0.3, 0.4) is 0 Å². The molecule has 14 aromatic rings. The van der Waals surface area contributed by atoms with Crippen molar-refractivity contribution in [3.63, 3.8) is 0 Å².